The van der Waals surface area contributed by atoms with Crippen LogP contribution in [0.25, 0.3) is 0 Å². The Hall–Kier alpha value is -1.82. The Labute approximate surface area is 95.8 Å². The predicted molar refractivity (Wildman–Crippen MR) is 58.6 cm³/mol. The zero-order valence-corrected chi connectivity index (χ0v) is 9.40. The van der Waals surface area contributed by atoms with Crippen molar-refractivity contribution in [2.24, 2.45) is 7.05 Å². The van der Waals surface area contributed by atoms with E-state index in [-0.39, 0.29) is 18.0 Å². The standard InChI is InChI=1S/C10H9N3O2S/c1-13-3-7(11-5-13)9(14)2-10(15)8-4-16-6-12-8/h3-6H,2H2,1H3. The first kappa shape index (κ1) is 10.7. The molecule has 0 unspecified atom stereocenters. The van der Waals surface area contributed by atoms with Crippen molar-refractivity contribution >= 4 is 22.9 Å². The Morgan fingerprint density at radius 2 is 2.06 bits per heavy atom. The molecule has 6 heteroatoms. The van der Waals surface area contributed by atoms with Crippen LogP contribution in [0.2, 0.25) is 0 Å². The van der Waals surface area contributed by atoms with Crippen molar-refractivity contribution in [2.45, 2.75) is 6.42 Å². The van der Waals surface area contributed by atoms with Crippen LogP contribution < -0.4 is 0 Å². The number of carbonyl (C=O) groups excluding carboxylic acids is 2. The van der Waals surface area contributed by atoms with Gasteiger partial charge in [-0.15, -0.1) is 11.3 Å². The van der Waals surface area contributed by atoms with Crippen LogP contribution in [0.4, 0.5) is 0 Å². The number of rotatable bonds is 4. The molecule has 0 atom stereocenters. The summed E-state index contributed by atoms with van der Waals surface area (Å²) < 4.78 is 1.67. The van der Waals surface area contributed by atoms with Crippen LogP contribution in [0.15, 0.2) is 23.4 Å². The SMILES string of the molecule is Cn1cnc(C(=O)CC(=O)c2cscn2)c1. The highest BCUT2D eigenvalue weighted by Crippen LogP contribution is 2.07. The Bertz CT molecular complexity index is 516. The Kier molecular flexibility index (Phi) is 2.91. The minimum Gasteiger partial charge on any atom is -0.340 e. The van der Waals surface area contributed by atoms with Crippen molar-refractivity contribution in [3.05, 3.63) is 34.8 Å². The van der Waals surface area contributed by atoms with E-state index in [4.69, 9.17) is 0 Å². The van der Waals surface area contributed by atoms with Gasteiger partial charge in [-0.25, -0.2) is 9.97 Å². The molecule has 0 amide bonds. The second-order valence-corrected chi connectivity index (χ2v) is 4.04. The Morgan fingerprint density at radius 3 is 2.62 bits per heavy atom. The first-order chi connectivity index (χ1) is 7.66. The van der Waals surface area contributed by atoms with Crippen molar-refractivity contribution in [1.82, 2.24) is 14.5 Å². The van der Waals surface area contributed by atoms with Gasteiger partial charge in [-0.2, -0.15) is 0 Å². The number of Topliss-reactive ketones (excluding diaryl/α,β-unsaturated/α-hetero) is 2. The molecule has 0 radical (unpaired) electrons. The van der Waals surface area contributed by atoms with E-state index in [2.05, 4.69) is 9.97 Å². The average Bonchev–Trinajstić information content (AvgIpc) is 2.87. The molecule has 2 aromatic heterocycles. The van der Waals surface area contributed by atoms with Crippen molar-refractivity contribution < 1.29 is 9.59 Å². The number of carbonyl (C=O) groups is 2. The second kappa shape index (κ2) is 4.36. The fourth-order valence-electron chi connectivity index (χ4n) is 1.23. The summed E-state index contributed by atoms with van der Waals surface area (Å²) in [5, 5.41) is 1.63. The smallest absolute Gasteiger partial charge is 0.190 e. The van der Waals surface area contributed by atoms with Gasteiger partial charge in [-0.3, -0.25) is 9.59 Å². The van der Waals surface area contributed by atoms with Crippen LogP contribution in [0.3, 0.4) is 0 Å². The summed E-state index contributed by atoms with van der Waals surface area (Å²) in [6, 6.07) is 0. The fraction of sp³-hybridized carbons (Fsp3) is 0.200. The van der Waals surface area contributed by atoms with Gasteiger partial charge in [0.15, 0.2) is 11.6 Å². The van der Waals surface area contributed by atoms with Crippen LogP contribution in [-0.4, -0.2) is 26.1 Å². The highest BCUT2D eigenvalue weighted by molar-refractivity contribution is 7.07. The second-order valence-electron chi connectivity index (χ2n) is 3.32. The van der Waals surface area contributed by atoms with E-state index in [9.17, 15) is 9.59 Å². The number of hydrogen-bond donors (Lipinski definition) is 0. The van der Waals surface area contributed by atoms with Crippen molar-refractivity contribution in [3.63, 3.8) is 0 Å². The van der Waals surface area contributed by atoms with E-state index in [1.54, 1.807) is 28.7 Å². The monoisotopic (exact) mass is 235 g/mol. The summed E-state index contributed by atoms with van der Waals surface area (Å²) in [5.74, 6) is -0.546. The van der Waals surface area contributed by atoms with Gasteiger partial charge in [0.2, 0.25) is 0 Å². The topological polar surface area (TPSA) is 64.8 Å². The first-order valence-corrected chi connectivity index (χ1v) is 5.53. The highest BCUT2D eigenvalue weighted by Gasteiger charge is 2.16. The summed E-state index contributed by atoms with van der Waals surface area (Å²) in [6.45, 7) is 0. The molecular formula is C10H9N3O2S. The van der Waals surface area contributed by atoms with Gasteiger partial charge < -0.3 is 4.57 Å². The largest absolute Gasteiger partial charge is 0.340 e. The molecule has 82 valence electrons. The highest BCUT2D eigenvalue weighted by atomic mass is 32.1. The molecule has 16 heavy (non-hydrogen) atoms. The molecule has 0 spiro atoms. The summed E-state index contributed by atoms with van der Waals surface area (Å²) in [5.41, 5.74) is 2.22. The zero-order chi connectivity index (χ0) is 11.5. The van der Waals surface area contributed by atoms with E-state index < -0.39 is 0 Å². The van der Waals surface area contributed by atoms with E-state index >= 15 is 0 Å². The maximum absolute atomic E-state index is 11.6. The molecule has 2 rings (SSSR count). The summed E-state index contributed by atoms with van der Waals surface area (Å²) in [7, 11) is 1.77. The lowest BCUT2D eigenvalue weighted by Crippen LogP contribution is -2.09. The molecule has 0 N–H and O–H groups in total. The van der Waals surface area contributed by atoms with Crippen LogP contribution in [0.5, 0.6) is 0 Å². The molecule has 0 fully saturated rings. The minimum absolute atomic E-state index is 0.180. The molecule has 0 aromatic carbocycles. The van der Waals surface area contributed by atoms with Gasteiger partial charge in [0.1, 0.15) is 11.4 Å². The zero-order valence-electron chi connectivity index (χ0n) is 8.58. The molecule has 0 aliphatic carbocycles. The van der Waals surface area contributed by atoms with Crippen LogP contribution in [0.1, 0.15) is 27.4 Å². The van der Waals surface area contributed by atoms with Gasteiger partial charge in [-0.1, -0.05) is 0 Å². The third kappa shape index (κ3) is 2.22. The summed E-state index contributed by atoms with van der Waals surface area (Å²) in [4.78, 5) is 31.0. The number of hydrogen-bond acceptors (Lipinski definition) is 5. The van der Waals surface area contributed by atoms with Crippen LogP contribution in [0, 0.1) is 0 Å². The van der Waals surface area contributed by atoms with E-state index in [0.29, 0.717) is 11.4 Å². The van der Waals surface area contributed by atoms with Crippen LogP contribution >= 0.6 is 11.3 Å². The molecular weight excluding hydrogens is 226 g/mol. The summed E-state index contributed by atoms with van der Waals surface area (Å²) in [6.07, 6.45) is 2.94. The molecule has 2 heterocycles. The van der Waals surface area contributed by atoms with Gasteiger partial charge >= 0.3 is 0 Å². The van der Waals surface area contributed by atoms with Crippen molar-refractivity contribution in [2.75, 3.05) is 0 Å². The minimum atomic E-state index is -0.279. The van der Waals surface area contributed by atoms with Gasteiger partial charge in [0.25, 0.3) is 0 Å². The molecule has 0 aliphatic rings. The van der Waals surface area contributed by atoms with Crippen molar-refractivity contribution in [1.29, 1.82) is 0 Å². The van der Waals surface area contributed by atoms with E-state index in [1.807, 2.05) is 0 Å². The summed E-state index contributed by atoms with van der Waals surface area (Å²) >= 11 is 1.33. The van der Waals surface area contributed by atoms with E-state index in [0.717, 1.165) is 0 Å². The molecule has 5 nitrogen and oxygen atoms in total. The fourth-order valence-corrected chi connectivity index (χ4v) is 1.79. The van der Waals surface area contributed by atoms with Gasteiger partial charge in [0.05, 0.1) is 18.3 Å². The number of imidazole rings is 1. The number of aromatic nitrogens is 3. The lowest BCUT2D eigenvalue weighted by Gasteiger charge is -1.94. The molecule has 0 aliphatic heterocycles. The lowest BCUT2D eigenvalue weighted by molar-refractivity contribution is 0.0889. The maximum atomic E-state index is 11.6. The van der Waals surface area contributed by atoms with Gasteiger partial charge in [0, 0.05) is 18.6 Å². The predicted octanol–water partition coefficient (Wildman–Crippen LogP) is 1.33. The Morgan fingerprint density at radius 1 is 1.31 bits per heavy atom. The molecule has 0 saturated carbocycles. The van der Waals surface area contributed by atoms with E-state index in [1.165, 1.54) is 17.7 Å². The molecule has 0 saturated heterocycles. The lowest BCUT2D eigenvalue weighted by atomic mass is 10.1. The third-order valence-electron chi connectivity index (χ3n) is 2.03. The number of aryl methyl sites for hydroxylation is 1. The first-order valence-electron chi connectivity index (χ1n) is 4.59. The Balaban J connectivity index is 2.06. The molecule has 0 bridgehead atoms. The number of ketones is 2. The third-order valence-corrected chi connectivity index (χ3v) is 2.62. The average molecular weight is 235 g/mol. The van der Waals surface area contributed by atoms with Crippen LogP contribution in [-0.2, 0) is 7.05 Å². The number of thiazole rings is 1. The quantitative estimate of drug-likeness (QED) is 0.592. The maximum Gasteiger partial charge on any atom is 0.190 e. The normalized spacial score (nSPS) is 10.3. The van der Waals surface area contributed by atoms with Crippen molar-refractivity contribution in [3.8, 4) is 0 Å². The molecule has 2 aromatic rings. The van der Waals surface area contributed by atoms with Gasteiger partial charge in [-0.05, 0) is 0 Å². The number of nitrogens with zero attached hydrogens (tertiary/aromatic N) is 3.